The highest BCUT2D eigenvalue weighted by molar-refractivity contribution is 7.90. The number of rotatable bonds is 6. The molecule has 0 bridgehead atoms. The van der Waals surface area contributed by atoms with Crippen molar-refractivity contribution in [3.63, 3.8) is 0 Å². The zero-order valence-corrected chi connectivity index (χ0v) is 13.3. The smallest absolute Gasteiger partial charge is 0.258 e. The van der Waals surface area contributed by atoms with Crippen molar-refractivity contribution in [2.75, 3.05) is 0 Å². The molecule has 0 saturated carbocycles. The van der Waals surface area contributed by atoms with Crippen LogP contribution in [0.4, 0.5) is 22.7 Å². The van der Waals surface area contributed by atoms with Crippen LogP contribution in [0.5, 0.6) is 0 Å². The van der Waals surface area contributed by atoms with Crippen molar-refractivity contribution in [2.45, 2.75) is 4.90 Å². The number of non-ortho nitro benzene ring substituents is 1. The molecule has 0 atom stereocenters. The summed E-state index contributed by atoms with van der Waals surface area (Å²) in [5.74, 6) is 0. The highest BCUT2D eigenvalue weighted by Crippen LogP contribution is 2.32. The summed E-state index contributed by atoms with van der Waals surface area (Å²) < 4.78 is 27.4. The maximum absolute atomic E-state index is 12.2. The van der Waals surface area contributed by atoms with E-state index in [1.54, 1.807) is 0 Å². The van der Waals surface area contributed by atoms with Crippen molar-refractivity contribution in [3.05, 3.63) is 72.8 Å². The van der Waals surface area contributed by atoms with Gasteiger partial charge in [0, 0.05) is 12.1 Å². The normalized spacial score (nSPS) is 11.4. The molecule has 0 aromatic heterocycles. The molecule has 0 N–H and O–H groups in total. The number of benzene rings is 2. The van der Waals surface area contributed by atoms with Gasteiger partial charge < -0.3 is 0 Å². The Labute approximate surface area is 144 Å². The first-order chi connectivity index (χ1) is 12.1. The van der Waals surface area contributed by atoms with Gasteiger partial charge in [-0.2, -0.15) is 8.42 Å². The third-order valence-electron chi connectivity index (χ3n) is 2.96. The molecule has 0 radical (unpaired) electrons. The van der Waals surface area contributed by atoms with Crippen molar-refractivity contribution < 1.29 is 23.2 Å². The topological polar surface area (TPSA) is 188 Å². The Kier molecular flexibility index (Phi) is 4.97. The number of hydrogen-bond donors (Lipinski definition) is 0. The van der Waals surface area contributed by atoms with E-state index in [4.69, 9.17) is 0 Å². The van der Waals surface area contributed by atoms with Crippen molar-refractivity contribution >= 4 is 32.8 Å². The summed E-state index contributed by atoms with van der Waals surface area (Å²) in [5, 5.41) is 35.8. The molecule has 2 aromatic carbocycles. The van der Waals surface area contributed by atoms with Gasteiger partial charge in [-0.1, -0.05) is 16.7 Å². The second-order valence-electron chi connectivity index (χ2n) is 4.57. The van der Waals surface area contributed by atoms with Crippen LogP contribution in [0.1, 0.15) is 0 Å². The van der Waals surface area contributed by atoms with Crippen LogP contribution in [0.25, 0.3) is 0 Å². The summed E-state index contributed by atoms with van der Waals surface area (Å²) in [5.41, 5.74) is -2.66. The van der Waals surface area contributed by atoms with E-state index in [-0.39, 0.29) is 5.69 Å². The molecule has 134 valence electrons. The first-order valence-electron chi connectivity index (χ1n) is 6.48. The number of para-hydroxylation sites is 1. The maximum atomic E-state index is 12.2. The molecule has 0 aliphatic rings. The molecular weight excluding hydrogens is 374 g/mol. The second kappa shape index (κ2) is 6.98. The lowest BCUT2D eigenvalue weighted by atomic mass is 10.3. The van der Waals surface area contributed by atoms with Gasteiger partial charge in [0.2, 0.25) is 0 Å². The van der Waals surface area contributed by atoms with Gasteiger partial charge in [0.1, 0.15) is 0 Å². The number of nitro groups is 3. The van der Waals surface area contributed by atoms with Gasteiger partial charge in [-0.25, -0.2) is 0 Å². The van der Waals surface area contributed by atoms with Crippen LogP contribution >= 0.6 is 0 Å². The van der Waals surface area contributed by atoms with E-state index in [0.717, 1.165) is 18.2 Å². The Hall–Kier alpha value is -3.81. The molecular formula is C12H7N5O8S. The van der Waals surface area contributed by atoms with Crippen LogP contribution in [0.2, 0.25) is 0 Å². The third kappa shape index (κ3) is 3.81. The highest BCUT2D eigenvalue weighted by Gasteiger charge is 2.29. The summed E-state index contributed by atoms with van der Waals surface area (Å²) in [6.45, 7) is 0. The lowest BCUT2D eigenvalue weighted by molar-refractivity contribution is -0.396. The summed E-state index contributed by atoms with van der Waals surface area (Å²) in [6, 6.07) is 6.73. The molecule has 2 aromatic rings. The molecule has 0 aliphatic carbocycles. The second-order valence-corrected chi connectivity index (χ2v) is 6.12. The fourth-order valence-corrected chi connectivity index (χ4v) is 2.75. The van der Waals surface area contributed by atoms with E-state index in [1.807, 2.05) is 0 Å². The number of hydrogen-bond acceptors (Lipinski definition) is 9. The van der Waals surface area contributed by atoms with Gasteiger partial charge in [0.15, 0.2) is 10.6 Å². The molecule has 0 saturated heterocycles. The molecule has 26 heavy (non-hydrogen) atoms. The van der Waals surface area contributed by atoms with Crippen LogP contribution in [0.3, 0.4) is 0 Å². The minimum absolute atomic E-state index is 0.384. The Morgan fingerprint density at radius 3 is 2.00 bits per heavy atom. The zero-order chi connectivity index (χ0) is 19.5. The Morgan fingerprint density at radius 2 is 1.42 bits per heavy atom. The number of sulfonamides is 1. The summed E-state index contributed by atoms with van der Waals surface area (Å²) in [7, 11) is -4.75. The van der Waals surface area contributed by atoms with Crippen molar-refractivity contribution in [1.29, 1.82) is 0 Å². The predicted molar refractivity (Wildman–Crippen MR) is 84.5 cm³/mol. The quantitative estimate of drug-likeness (QED) is 0.414. The number of nitro benzene ring substituents is 3. The molecule has 0 fully saturated rings. The fraction of sp³-hybridized carbons (Fsp3) is 0. The van der Waals surface area contributed by atoms with Crippen molar-refractivity contribution in [3.8, 4) is 0 Å². The lowest BCUT2D eigenvalue weighted by Gasteiger charge is -2.00. The molecule has 2 rings (SSSR count). The SMILES string of the molecule is O=[N+]([O-])c1ccc(S(=O)(=O)N=Nc2ccccc2[N+](=O)[O-])c([N+](=O)[O-])c1. The number of nitrogens with zero attached hydrogens (tertiary/aromatic N) is 5. The molecule has 0 spiro atoms. The van der Waals surface area contributed by atoms with E-state index >= 15 is 0 Å². The van der Waals surface area contributed by atoms with Gasteiger partial charge in [-0.05, 0) is 12.1 Å². The lowest BCUT2D eigenvalue weighted by Crippen LogP contribution is -2.03. The minimum atomic E-state index is -4.75. The van der Waals surface area contributed by atoms with E-state index in [9.17, 15) is 38.8 Å². The van der Waals surface area contributed by atoms with Gasteiger partial charge in [0.25, 0.3) is 17.1 Å². The Balaban J connectivity index is 2.54. The van der Waals surface area contributed by atoms with Crippen LogP contribution in [-0.4, -0.2) is 23.2 Å². The van der Waals surface area contributed by atoms with Crippen LogP contribution < -0.4 is 0 Å². The highest BCUT2D eigenvalue weighted by atomic mass is 32.2. The van der Waals surface area contributed by atoms with Gasteiger partial charge in [-0.15, -0.1) is 5.11 Å². The monoisotopic (exact) mass is 381 g/mol. The van der Waals surface area contributed by atoms with Gasteiger partial charge in [-0.3, -0.25) is 30.3 Å². The van der Waals surface area contributed by atoms with Crippen LogP contribution in [-0.2, 0) is 10.0 Å². The zero-order valence-electron chi connectivity index (χ0n) is 12.5. The summed E-state index contributed by atoms with van der Waals surface area (Å²) in [4.78, 5) is 28.8. The Bertz CT molecular complexity index is 1050. The van der Waals surface area contributed by atoms with Crippen LogP contribution in [0, 0.1) is 30.3 Å². The average Bonchev–Trinajstić information content (AvgIpc) is 2.59. The van der Waals surface area contributed by atoms with E-state index in [1.165, 1.54) is 12.1 Å². The van der Waals surface area contributed by atoms with Crippen LogP contribution in [0.15, 0.2) is 57.0 Å². The standard InChI is InChI=1S/C12H7N5O8S/c18-15(19)8-5-6-12(11(7-8)17(22)23)26(24,25)14-13-9-3-1-2-4-10(9)16(20)21/h1-7H. The largest absolute Gasteiger partial charge is 0.306 e. The molecule has 0 unspecified atom stereocenters. The third-order valence-corrected chi connectivity index (χ3v) is 4.16. The minimum Gasteiger partial charge on any atom is -0.258 e. The molecule has 0 aliphatic heterocycles. The average molecular weight is 381 g/mol. The maximum Gasteiger partial charge on any atom is 0.306 e. The van der Waals surface area contributed by atoms with Crippen molar-refractivity contribution in [2.24, 2.45) is 9.63 Å². The van der Waals surface area contributed by atoms with E-state index < -0.39 is 46.8 Å². The summed E-state index contributed by atoms with van der Waals surface area (Å²) in [6.07, 6.45) is 0. The Morgan fingerprint density at radius 1 is 0.808 bits per heavy atom. The predicted octanol–water partition coefficient (Wildman–Crippen LogP) is 2.88. The molecule has 13 nitrogen and oxygen atoms in total. The molecule has 0 heterocycles. The molecule has 14 heteroatoms. The first kappa shape index (κ1) is 18.5. The summed E-state index contributed by atoms with van der Waals surface area (Å²) >= 11 is 0. The first-order valence-corrected chi connectivity index (χ1v) is 7.92. The van der Waals surface area contributed by atoms with Gasteiger partial charge in [0.05, 0.1) is 20.8 Å². The van der Waals surface area contributed by atoms with Gasteiger partial charge >= 0.3 is 10.0 Å². The van der Waals surface area contributed by atoms with Crippen molar-refractivity contribution in [1.82, 2.24) is 0 Å². The molecule has 0 amide bonds. The van der Waals surface area contributed by atoms with E-state index in [0.29, 0.717) is 12.1 Å². The van der Waals surface area contributed by atoms with E-state index in [2.05, 4.69) is 9.63 Å². The fourth-order valence-electron chi connectivity index (χ4n) is 1.82.